The van der Waals surface area contributed by atoms with E-state index in [1.54, 1.807) is 18.9 Å². The topological polar surface area (TPSA) is 62.3 Å². The van der Waals surface area contributed by atoms with E-state index in [2.05, 4.69) is 5.10 Å². The van der Waals surface area contributed by atoms with Crippen molar-refractivity contribution in [3.05, 3.63) is 41.7 Å². The third-order valence-corrected chi connectivity index (χ3v) is 3.20. The molecule has 0 fully saturated rings. The molecule has 1 unspecified atom stereocenters. The zero-order valence-corrected chi connectivity index (χ0v) is 12.2. The van der Waals surface area contributed by atoms with Crippen molar-refractivity contribution >= 4 is 0 Å². The van der Waals surface area contributed by atoms with Gasteiger partial charge < -0.3 is 15.2 Å². The van der Waals surface area contributed by atoms with Crippen LogP contribution < -0.4 is 15.2 Å². The summed E-state index contributed by atoms with van der Waals surface area (Å²) in [5.41, 5.74) is 8.49. The van der Waals surface area contributed by atoms with Crippen LogP contribution in [-0.2, 0) is 19.9 Å². The third kappa shape index (κ3) is 3.51. The maximum absolute atomic E-state index is 6.20. The van der Waals surface area contributed by atoms with Gasteiger partial charge in [-0.05, 0) is 36.1 Å². The molecule has 20 heavy (non-hydrogen) atoms. The molecule has 5 heteroatoms. The fraction of sp³-hybridized carbons (Fsp3) is 0.400. The van der Waals surface area contributed by atoms with E-state index in [0.717, 1.165) is 35.5 Å². The summed E-state index contributed by atoms with van der Waals surface area (Å²) in [6.07, 6.45) is 5.44. The van der Waals surface area contributed by atoms with Crippen LogP contribution >= 0.6 is 0 Å². The molecular weight excluding hydrogens is 254 g/mol. The molecule has 0 aliphatic heterocycles. The number of ether oxygens (including phenoxy) is 2. The highest BCUT2D eigenvalue weighted by Gasteiger charge is 2.10. The standard InChI is InChI=1S/C15H21N3O2/c1-18-10-12(9-17-18)7-13(16)6-11-4-5-14(19-2)15(8-11)20-3/h4-5,8-10,13H,6-7,16H2,1-3H3. The lowest BCUT2D eigenvalue weighted by atomic mass is 10.0. The maximum Gasteiger partial charge on any atom is 0.160 e. The second kappa shape index (κ2) is 6.43. The van der Waals surface area contributed by atoms with Gasteiger partial charge in [0.15, 0.2) is 11.5 Å². The zero-order chi connectivity index (χ0) is 14.5. The summed E-state index contributed by atoms with van der Waals surface area (Å²) < 4.78 is 12.3. The van der Waals surface area contributed by atoms with E-state index in [0.29, 0.717) is 0 Å². The van der Waals surface area contributed by atoms with E-state index < -0.39 is 0 Å². The van der Waals surface area contributed by atoms with Crippen LogP contribution in [-0.4, -0.2) is 30.0 Å². The van der Waals surface area contributed by atoms with Gasteiger partial charge in [0, 0.05) is 19.3 Å². The van der Waals surface area contributed by atoms with Crippen LogP contribution in [0.5, 0.6) is 11.5 Å². The summed E-state index contributed by atoms with van der Waals surface area (Å²) in [6, 6.07) is 5.95. The first-order valence-corrected chi connectivity index (χ1v) is 6.56. The van der Waals surface area contributed by atoms with Gasteiger partial charge in [-0.15, -0.1) is 0 Å². The molecule has 0 radical (unpaired) electrons. The van der Waals surface area contributed by atoms with Gasteiger partial charge in [0.25, 0.3) is 0 Å². The Balaban J connectivity index is 2.02. The average molecular weight is 275 g/mol. The van der Waals surface area contributed by atoms with Gasteiger partial charge in [-0.3, -0.25) is 4.68 Å². The first kappa shape index (κ1) is 14.4. The normalized spacial score (nSPS) is 12.2. The van der Waals surface area contributed by atoms with Crippen LogP contribution in [0.4, 0.5) is 0 Å². The summed E-state index contributed by atoms with van der Waals surface area (Å²) in [5, 5.41) is 4.15. The van der Waals surface area contributed by atoms with E-state index in [1.807, 2.05) is 37.6 Å². The number of nitrogens with zero attached hydrogens (tertiary/aromatic N) is 2. The maximum atomic E-state index is 6.20. The highest BCUT2D eigenvalue weighted by molar-refractivity contribution is 5.43. The average Bonchev–Trinajstić information content (AvgIpc) is 2.83. The number of benzene rings is 1. The second-order valence-corrected chi connectivity index (χ2v) is 4.88. The minimum absolute atomic E-state index is 0.0531. The lowest BCUT2D eigenvalue weighted by Gasteiger charge is -2.13. The van der Waals surface area contributed by atoms with Crippen LogP contribution in [0.15, 0.2) is 30.6 Å². The van der Waals surface area contributed by atoms with Crippen LogP contribution in [0.25, 0.3) is 0 Å². The van der Waals surface area contributed by atoms with Gasteiger partial charge in [-0.1, -0.05) is 6.07 Å². The molecule has 5 nitrogen and oxygen atoms in total. The van der Waals surface area contributed by atoms with E-state index in [-0.39, 0.29) is 6.04 Å². The molecule has 2 rings (SSSR count). The van der Waals surface area contributed by atoms with Gasteiger partial charge in [-0.25, -0.2) is 0 Å². The van der Waals surface area contributed by atoms with Crippen molar-refractivity contribution in [2.45, 2.75) is 18.9 Å². The van der Waals surface area contributed by atoms with Gasteiger partial charge in [0.2, 0.25) is 0 Å². The summed E-state index contributed by atoms with van der Waals surface area (Å²) in [7, 11) is 5.17. The smallest absolute Gasteiger partial charge is 0.160 e. The van der Waals surface area contributed by atoms with Crippen molar-refractivity contribution in [2.24, 2.45) is 12.8 Å². The Labute approximate surface area is 119 Å². The van der Waals surface area contributed by atoms with Crippen molar-refractivity contribution in [1.82, 2.24) is 9.78 Å². The van der Waals surface area contributed by atoms with Crippen LogP contribution in [0.2, 0.25) is 0 Å². The summed E-state index contributed by atoms with van der Waals surface area (Å²) >= 11 is 0. The van der Waals surface area contributed by atoms with Crippen molar-refractivity contribution < 1.29 is 9.47 Å². The Hall–Kier alpha value is -2.01. The molecule has 1 aromatic carbocycles. The van der Waals surface area contributed by atoms with Gasteiger partial charge >= 0.3 is 0 Å². The van der Waals surface area contributed by atoms with E-state index in [9.17, 15) is 0 Å². The molecule has 2 N–H and O–H groups in total. The van der Waals surface area contributed by atoms with Gasteiger partial charge in [0.1, 0.15) is 0 Å². The minimum Gasteiger partial charge on any atom is -0.493 e. The number of aryl methyl sites for hydroxylation is 1. The first-order chi connectivity index (χ1) is 9.62. The molecule has 0 saturated heterocycles. The van der Waals surface area contributed by atoms with E-state index in [4.69, 9.17) is 15.2 Å². The van der Waals surface area contributed by atoms with Crippen LogP contribution in [0.3, 0.4) is 0 Å². The molecule has 0 aliphatic rings. The summed E-state index contributed by atoms with van der Waals surface area (Å²) in [5.74, 6) is 1.47. The molecule has 0 saturated carbocycles. The van der Waals surface area contributed by atoms with Crippen molar-refractivity contribution in [2.75, 3.05) is 14.2 Å². The predicted octanol–water partition coefficient (Wildman–Crippen LogP) is 1.55. The second-order valence-electron chi connectivity index (χ2n) is 4.88. The van der Waals surface area contributed by atoms with E-state index in [1.165, 1.54) is 0 Å². The SMILES string of the molecule is COc1ccc(CC(N)Cc2cnn(C)c2)cc1OC. The monoisotopic (exact) mass is 275 g/mol. The number of hydrogen-bond donors (Lipinski definition) is 1. The summed E-state index contributed by atoms with van der Waals surface area (Å²) in [4.78, 5) is 0. The molecule has 108 valence electrons. The lowest BCUT2D eigenvalue weighted by molar-refractivity contribution is 0.354. The highest BCUT2D eigenvalue weighted by atomic mass is 16.5. The van der Waals surface area contributed by atoms with E-state index >= 15 is 0 Å². The van der Waals surface area contributed by atoms with Crippen LogP contribution in [0, 0.1) is 0 Å². The fourth-order valence-corrected chi connectivity index (χ4v) is 2.26. The number of nitrogens with two attached hydrogens (primary N) is 1. The molecular formula is C15H21N3O2. The quantitative estimate of drug-likeness (QED) is 0.869. The number of aromatic nitrogens is 2. The number of rotatable bonds is 6. The molecule has 1 heterocycles. The zero-order valence-electron chi connectivity index (χ0n) is 12.2. The highest BCUT2D eigenvalue weighted by Crippen LogP contribution is 2.28. The Morgan fingerprint density at radius 2 is 1.85 bits per heavy atom. The molecule has 1 atom stereocenters. The molecule has 0 bridgehead atoms. The number of methoxy groups -OCH3 is 2. The van der Waals surface area contributed by atoms with Crippen molar-refractivity contribution in [1.29, 1.82) is 0 Å². The number of hydrogen-bond acceptors (Lipinski definition) is 4. The Morgan fingerprint density at radius 1 is 1.15 bits per heavy atom. The molecule has 1 aromatic heterocycles. The Bertz CT molecular complexity index is 566. The fourth-order valence-electron chi connectivity index (χ4n) is 2.26. The Kier molecular flexibility index (Phi) is 4.63. The Morgan fingerprint density at radius 3 is 2.45 bits per heavy atom. The molecule has 2 aromatic rings. The lowest BCUT2D eigenvalue weighted by Crippen LogP contribution is -2.25. The largest absolute Gasteiger partial charge is 0.493 e. The molecule has 0 aliphatic carbocycles. The molecule has 0 spiro atoms. The van der Waals surface area contributed by atoms with Crippen molar-refractivity contribution in [3.8, 4) is 11.5 Å². The molecule has 0 amide bonds. The van der Waals surface area contributed by atoms with Gasteiger partial charge in [-0.2, -0.15) is 5.10 Å². The summed E-state index contributed by atoms with van der Waals surface area (Å²) in [6.45, 7) is 0. The third-order valence-electron chi connectivity index (χ3n) is 3.20. The van der Waals surface area contributed by atoms with Crippen LogP contribution in [0.1, 0.15) is 11.1 Å². The van der Waals surface area contributed by atoms with Gasteiger partial charge in [0.05, 0.1) is 20.4 Å². The minimum atomic E-state index is 0.0531. The van der Waals surface area contributed by atoms with Crippen molar-refractivity contribution in [3.63, 3.8) is 0 Å². The first-order valence-electron chi connectivity index (χ1n) is 6.56. The predicted molar refractivity (Wildman–Crippen MR) is 78.1 cm³/mol.